The summed E-state index contributed by atoms with van der Waals surface area (Å²) in [6, 6.07) is 7.54. The van der Waals surface area contributed by atoms with Crippen molar-refractivity contribution in [3.63, 3.8) is 0 Å². The quantitative estimate of drug-likeness (QED) is 0.806. The zero-order valence-corrected chi connectivity index (χ0v) is 10.9. The fourth-order valence-corrected chi connectivity index (χ4v) is 2.61. The van der Waals surface area contributed by atoms with Crippen molar-refractivity contribution in [3.05, 3.63) is 53.7 Å². The third kappa shape index (κ3) is 2.25. The van der Waals surface area contributed by atoms with Crippen LogP contribution in [-0.2, 0) is 6.61 Å². The Kier molecular flexibility index (Phi) is 3.37. The molecule has 0 bridgehead atoms. The molecule has 0 aliphatic heterocycles. The van der Waals surface area contributed by atoms with Crippen LogP contribution in [0.25, 0.3) is 5.65 Å². The molecule has 3 rings (SSSR count). The standard InChI is InChI=1S/C13H9F2N3OS/c14-9-5-8(7-19)6-10(15)12(9)20-13-17-16-11-3-1-2-4-18(11)13/h1-6,19H,7H2. The number of aliphatic hydroxyl groups excluding tert-OH is 1. The average molecular weight is 293 g/mol. The van der Waals surface area contributed by atoms with Crippen LogP contribution in [0, 0.1) is 11.6 Å². The molecule has 0 fully saturated rings. The Morgan fingerprint density at radius 2 is 1.90 bits per heavy atom. The third-order valence-electron chi connectivity index (χ3n) is 2.72. The van der Waals surface area contributed by atoms with Gasteiger partial charge >= 0.3 is 0 Å². The van der Waals surface area contributed by atoms with E-state index in [1.165, 1.54) is 0 Å². The van der Waals surface area contributed by atoms with Crippen LogP contribution >= 0.6 is 11.8 Å². The monoisotopic (exact) mass is 293 g/mol. The largest absolute Gasteiger partial charge is 0.392 e. The summed E-state index contributed by atoms with van der Waals surface area (Å²) in [5.41, 5.74) is 0.790. The number of nitrogens with zero attached hydrogens (tertiary/aromatic N) is 3. The number of hydrogen-bond donors (Lipinski definition) is 1. The van der Waals surface area contributed by atoms with Crippen molar-refractivity contribution in [2.24, 2.45) is 0 Å². The van der Waals surface area contributed by atoms with Gasteiger partial charge in [0.15, 0.2) is 5.65 Å². The molecule has 0 unspecified atom stereocenters. The molecule has 2 aromatic heterocycles. The van der Waals surface area contributed by atoms with Gasteiger partial charge in [0.1, 0.15) is 11.6 Å². The lowest BCUT2D eigenvalue weighted by Gasteiger charge is -2.05. The SMILES string of the molecule is OCc1cc(F)c(Sc2nnc3ccccn23)c(F)c1. The van der Waals surface area contributed by atoms with Crippen LogP contribution in [-0.4, -0.2) is 19.7 Å². The molecular formula is C13H9F2N3OS. The molecule has 0 amide bonds. The molecular weight excluding hydrogens is 284 g/mol. The molecule has 7 heteroatoms. The van der Waals surface area contributed by atoms with E-state index in [4.69, 9.17) is 5.11 Å². The molecule has 0 saturated heterocycles. The highest BCUT2D eigenvalue weighted by molar-refractivity contribution is 7.99. The molecule has 0 aliphatic carbocycles. The van der Waals surface area contributed by atoms with Crippen LogP contribution in [0.4, 0.5) is 8.78 Å². The molecule has 0 saturated carbocycles. The minimum Gasteiger partial charge on any atom is -0.392 e. The fraction of sp³-hybridized carbons (Fsp3) is 0.0769. The molecule has 0 aliphatic rings. The molecule has 0 atom stereocenters. The predicted octanol–water partition coefficient (Wildman–Crippen LogP) is 2.65. The van der Waals surface area contributed by atoms with Crippen molar-refractivity contribution < 1.29 is 13.9 Å². The van der Waals surface area contributed by atoms with Crippen molar-refractivity contribution in [1.82, 2.24) is 14.6 Å². The second-order valence-corrected chi connectivity index (χ2v) is 5.04. The van der Waals surface area contributed by atoms with Crippen molar-refractivity contribution >= 4 is 17.4 Å². The smallest absolute Gasteiger partial charge is 0.200 e. The molecule has 3 aromatic rings. The van der Waals surface area contributed by atoms with Crippen LogP contribution in [0.2, 0.25) is 0 Å². The minimum absolute atomic E-state index is 0.166. The molecule has 102 valence electrons. The van der Waals surface area contributed by atoms with Gasteiger partial charge in [0.2, 0.25) is 5.16 Å². The zero-order valence-electron chi connectivity index (χ0n) is 10.1. The Morgan fingerprint density at radius 1 is 1.15 bits per heavy atom. The molecule has 1 aromatic carbocycles. The van der Waals surface area contributed by atoms with Crippen LogP contribution in [0.5, 0.6) is 0 Å². The number of hydrogen-bond acceptors (Lipinski definition) is 4. The van der Waals surface area contributed by atoms with Gasteiger partial charge in [0, 0.05) is 6.20 Å². The van der Waals surface area contributed by atoms with E-state index in [-0.39, 0.29) is 10.5 Å². The highest BCUT2D eigenvalue weighted by atomic mass is 32.2. The van der Waals surface area contributed by atoms with Crippen LogP contribution in [0.3, 0.4) is 0 Å². The average Bonchev–Trinajstić information content (AvgIpc) is 2.86. The van der Waals surface area contributed by atoms with Gasteiger partial charge < -0.3 is 5.11 Å². The van der Waals surface area contributed by atoms with Crippen LogP contribution in [0.15, 0.2) is 46.6 Å². The van der Waals surface area contributed by atoms with E-state index in [1.807, 2.05) is 0 Å². The van der Waals surface area contributed by atoms with Crippen LogP contribution in [0.1, 0.15) is 5.56 Å². The fourth-order valence-electron chi connectivity index (χ4n) is 1.78. The second kappa shape index (κ2) is 5.18. The zero-order chi connectivity index (χ0) is 14.1. The van der Waals surface area contributed by atoms with Crippen molar-refractivity contribution in [3.8, 4) is 0 Å². The van der Waals surface area contributed by atoms with Crippen molar-refractivity contribution in [2.45, 2.75) is 16.7 Å². The van der Waals surface area contributed by atoms with Gasteiger partial charge in [0.25, 0.3) is 0 Å². The number of rotatable bonds is 3. The molecule has 20 heavy (non-hydrogen) atoms. The highest BCUT2D eigenvalue weighted by Crippen LogP contribution is 2.31. The Labute approximate surface area is 117 Å². The Balaban J connectivity index is 2.03. The maximum atomic E-state index is 13.9. The topological polar surface area (TPSA) is 50.4 Å². The summed E-state index contributed by atoms with van der Waals surface area (Å²) in [7, 11) is 0. The predicted molar refractivity (Wildman–Crippen MR) is 69.4 cm³/mol. The lowest BCUT2D eigenvalue weighted by atomic mass is 10.2. The molecule has 0 spiro atoms. The number of pyridine rings is 1. The van der Waals surface area contributed by atoms with Gasteiger partial charge in [0.05, 0.1) is 11.5 Å². The number of fused-ring (bicyclic) bond motifs is 1. The number of benzene rings is 1. The molecule has 0 radical (unpaired) electrons. The van der Waals surface area contributed by atoms with Gasteiger partial charge in [-0.25, -0.2) is 8.78 Å². The molecule has 4 nitrogen and oxygen atoms in total. The van der Waals surface area contributed by atoms with Gasteiger partial charge in [-0.3, -0.25) is 4.40 Å². The number of aliphatic hydroxyl groups is 1. The summed E-state index contributed by atoms with van der Waals surface area (Å²) < 4.78 is 29.4. The summed E-state index contributed by atoms with van der Waals surface area (Å²) in [6.45, 7) is -0.410. The third-order valence-corrected chi connectivity index (χ3v) is 3.77. The maximum Gasteiger partial charge on any atom is 0.200 e. The summed E-state index contributed by atoms with van der Waals surface area (Å²) in [4.78, 5) is -0.166. The second-order valence-electron chi connectivity index (χ2n) is 4.06. The number of halogens is 2. The summed E-state index contributed by atoms with van der Waals surface area (Å²) >= 11 is 0.854. The number of aromatic nitrogens is 3. The maximum absolute atomic E-state index is 13.9. The van der Waals surface area contributed by atoms with Gasteiger partial charge in [-0.15, -0.1) is 10.2 Å². The minimum atomic E-state index is -0.730. The van der Waals surface area contributed by atoms with E-state index in [2.05, 4.69) is 10.2 Å². The van der Waals surface area contributed by atoms with E-state index in [1.54, 1.807) is 28.8 Å². The molecule has 1 N–H and O–H groups in total. The van der Waals surface area contributed by atoms with E-state index in [0.29, 0.717) is 10.8 Å². The summed E-state index contributed by atoms with van der Waals surface area (Å²) in [6.07, 6.45) is 1.72. The Hall–Kier alpha value is -1.99. The Bertz CT molecular complexity index is 752. The summed E-state index contributed by atoms with van der Waals surface area (Å²) in [5, 5.41) is 17.1. The highest BCUT2D eigenvalue weighted by Gasteiger charge is 2.16. The van der Waals surface area contributed by atoms with Gasteiger partial charge in [-0.2, -0.15) is 0 Å². The first-order valence-electron chi connectivity index (χ1n) is 5.75. The first kappa shape index (κ1) is 13.0. The first-order valence-corrected chi connectivity index (χ1v) is 6.57. The van der Waals surface area contributed by atoms with Crippen LogP contribution < -0.4 is 0 Å². The van der Waals surface area contributed by atoms with E-state index in [9.17, 15) is 8.78 Å². The Morgan fingerprint density at radius 3 is 2.60 bits per heavy atom. The van der Waals surface area contributed by atoms with Crippen molar-refractivity contribution in [2.75, 3.05) is 0 Å². The van der Waals surface area contributed by atoms with E-state index in [0.717, 1.165) is 23.9 Å². The van der Waals surface area contributed by atoms with Crippen molar-refractivity contribution in [1.29, 1.82) is 0 Å². The lowest BCUT2D eigenvalue weighted by Crippen LogP contribution is -1.94. The lowest BCUT2D eigenvalue weighted by molar-refractivity contribution is 0.280. The normalized spacial score (nSPS) is 11.2. The van der Waals surface area contributed by atoms with Gasteiger partial charge in [-0.1, -0.05) is 6.07 Å². The van der Waals surface area contributed by atoms with E-state index < -0.39 is 18.2 Å². The molecule has 2 heterocycles. The van der Waals surface area contributed by atoms with Gasteiger partial charge in [-0.05, 0) is 41.6 Å². The van der Waals surface area contributed by atoms with E-state index >= 15 is 0 Å². The first-order chi connectivity index (χ1) is 9.69. The summed E-state index contributed by atoms with van der Waals surface area (Å²) in [5.74, 6) is -1.46.